The van der Waals surface area contributed by atoms with Crippen molar-refractivity contribution in [2.45, 2.75) is 25.9 Å². The van der Waals surface area contributed by atoms with Crippen LogP contribution in [0, 0.1) is 5.92 Å². The third kappa shape index (κ3) is 3.03. The normalized spacial score (nSPS) is 26.3. The van der Waals surface area contributed by atoms with Crippen molar-refractivity contribution in [3.63, 3.8) is 0 Å². The highest BCUT2D eigenvalue weighted by molar-refractivity contribution is 7.07. The Bertz CT molecular complexity index is 284. The Morgan fingerprint density at radius 2 is 2.47 bits per heavy atom. The first-order chi connectivity index (χ1) is 7.25. The van der Waals surface area contributed by atoms with Crippen LogP contribution < -0.4 is 5.32 Å². The Labute approximate surface area is 96.3 Å². The first kappa shape index (κ1) is 11.1. The van der Waals surface area contributed by atoms with Crippen molar-refractivity contribution in [2.24, 2.45) is 5.92 Å². The second kappa shape index (κ2) is 5.10. The minimum Gasteiger partial charge on any atom is -0.314 e. The molecule has 0 aromatic carbocycles. The maximum atomic E-state index is 3.51. The predicted octanol–water partition coefficient (Wildman–Crippen LogP) is 2.18. The minimum atomic E-state index is 0.690. The van der Waals surface area contributed by atoms with Crippen molar-refractivity contribution in [1.29, 1.82) is 0 Å². The summed E-state index contributed by atoms with van der Waals surface area (Å²) in [6.07, 6.45) is 1.33. The van der Waals surface area contributed by atoms with E-state index in [-0.39, 0.29) is 0 Å². The zero-order chi connectivity index (χ0) is 10.7. The molecule has 1 saturated heterocycles. The molecule has 0 spiro atoms. The standard InChI is InChI=1S/C12H20N2S/c1-10-12(3-5-13-10)8-14(2)7-11-4-6-15-9-11/h4,6,9-10,12-13H,3,5,7-8H2,1-2H3. The van der Waals surface area contributed by atoms with E-state index >= 15 is 0 Å². The molecule has 3 heteroatoms. The van der Waals surface area contributed by atoms with Gasteiger partial charge < -0.3 is 10.2 Å². The van der Waals surface area contributed by atoms with E-state index in [1.54, 1.807) is 11.3 Å². The molecule has 1 aliphatic rings. The highest BCUT2D eigenvalue weighted by Gasteiger charge is 2.23. The van der Waals surface area contributed by atoms with Gasteiger partial charge in [0.05, 0.1) is 0 Å². The van der Waals surface area contributed by atoms with Gasteiger partial charge in [-0.1, -0.05) is 0 Å². The van der Waals surface area contributed by atoms with Gasteiger partial charge in [-0.05, 0) is 55.2 Å². The van der Waals surface area contributed by atoms with Crippen LogP contribution in [-0.4, -0.2) is 31.1 Å². The first-order valence-electron chi connectivity index (χ1n) is 5.68. The highest BCUT2D eigenvalue weighted by atomic mass is 32.1. The van der Waals surface area contributed by atoms with E-state index in [0.717, 1.165) is 12.5 Å². The van der Waals surface area contributed by atoms with Crippen molar-refractivity contribution in [1.82, 2.24) is 10.2 Å². The molecular formula is C12H20N2S. The van der Waals surface area contributed by atoms with Crippen molar-refractivity contribution in [2.75, 3.05) is 20.1 Å². The van der Waals surface area contributed by atoms with E-state index in [4.69, 9.17) is 0 Å². The Hall–Kier alpha value is -0.380. The molecule has 2 unspecified atom stereocenters. The van der Waals surface area contributed by atoms with Gasteiger partial charge in [0.1, 0.15) is 0 Å². The molecule has 0 saturated carbocycles. The molecule has 1 aromatic heterocycles. The predicted molar refractivity (Wildman–Crippen MR) is 66.2 cm³/mol. The van der Waals surface area contributed by atoms with Crippen LogP contribution in [0.1, 0.15) is 18.9 Å². The lowest BCUT2D eigenvalue weighted by Crippen LogP contribution is -2.32. The molecule has 84 valence electrons. The fourth-order valence-electron chi connectivity index (χ4n) is 2.32. The van der Waals surface area contributed by atoms with E-state index in [2.05, 4.69) is 41.0 Å². The van der Waals surface area contributed by atoms with Crippen LogP contribution in [0.5, 0.6) is 0 Å². The summed E-state index contributed by atoms with van der Waals surface area (Å²) in [7, 11) is 2.22. The lowest BCUT2D eigenvalue weighted by molar-refractivity contribution is 0.259. The fourth-order valence-corrected chi connectivity index (χ4v) is 2.98. The monoisotopic (exact) mass is 224 g/mol. The molecule has 2 heterocycles. The molecule has 0 radical (unpaired) electrons. The molecule has 2 nitrogen and oxygen atoms in total. The summed E-state index contributed by atoms with van der Waals surface area (Å²) < 4.78 is 0. The Morgan fingerprint density at radius 1 is 1.60 bits per heavy atom. The molecule has 0 amide bonds. The molecular weight excluding hydrogens is 204 g/mol. The maximum absolute atomic E-state index is 3.51. The van der Waals surface area contributed by atoms with E-state index in [1.165, 1.54) is 25.1 Å². The fraction of sp³-hybridized carbons (Fsp3) is 0.667. The first-order valence-corrected chi connectivity index (χ1v) is 6.63. The van der Waals surface area contributed by atoms with Gasteiger partial charge in [-0.3, -0.25) is 0 Å². The molecule has 1 fully saturated rings. The van der Waals surface area contributed by atoms with Gasteiger partial charge in [0.2, 0.25) is 0 Å². The van der Waals surface area contributed by atoms with Crippen LogP contribution in [0.15, 0.2) is 16.8 Å². The molecule has 1 aromatic rings. The minimum absolute atomic E-state index is 0.690. The van der Waals surface area contributed by atoms with Gasteiger partial charge >= 0.3 is 0 Å². The molecule has 15 heavy (non-hydrogen) atoms. The van der Waals surface area contributed by atoms with Crippen molar-refractivity contribution < 1.29 is 0 Å². The molecule has 0 aliphatic carbocycles. The van der Waals surface area contributed by atoms with Crippen molar-refractivity contribution in [3.8, 4) is 0 Å². The molecule has 1 aliphatic heterocycles. The average Bonchev–Trinajstić information content (AvgIpc) is 2.79. The summed E-state index contributed by atoms with van der Waals surface area (Å²) in [5.41, 5.74) is 1.45. The molecule has 0 bridgehead atoms. The third-order valence-corrected chi connectivity index (χ3v) is 4.00. The molecule has 1 N–H and O–H groups in total. The van der Waals surface area contributed by atoms with Gasteiger partial charge in [0.25, 0.3) is 0 Å². The van der Waals surface area contributed by atoms with Gasteiger partial charge in [-0.15, -0.1) is 0 Å². The summed E-state index contributed by atoms with van der Waals surface area (Å²) in [5.74, 6) is 0.827. The van der Waals surface area contributed by atoms with E-state index in [1.807, 2.05) is 0 Å². The van der Waals surface area contributed by atoms with Crippen LogP contribution >= 0.6 is 11.3 Å². The SMILES string of the molecule is CC1NCCC1CN(C)Cc1ccsc1. The lowest BCUT2D eigenvalue weighted by Gasteiger charge is -2.22. The van der Waals surface area contributed by atoms with Crippen LogP contribution in [0.3, 0.4) is 0 Å². The van der Waals surface area contributed by atoms with Crippen LogP contribution in [-0.2, 0) is 6.54 Å². The summed E-state index contributed by atoms with van der Waals surface area (Å²) in [6, 6.07) is 2.91. The number of hydrogen-bond donors (Lipinski definition) is 1. The number of nitrogens with one attached hydrogen (secondary N) is 1. The Morgan fingerprint density at radius 3 is 3.07 bits per heavy atom. The number of thiophene rings is 1. The zero-order valence-electron chi connectivity index (χ0n) is 9.57. The van der Waals surface area contributed by atoms with Gasteiger partial charge in [0.15, 0.2) is 0 Å². The Balaban J connectivity index is 1.79. The van der Waals surface area contributed by atoms with E-state index < -0.39 is 0 Å². The average molecular weight is 224 g/mol. The topological polar surface area (TPSA) is 15.3 Å². The molecule has 2 rings (SSSR count). The summed E-state index contributed by atoms with van der Waals surface area (Å²) in [6.45, 7) is 5.80. The number of hydrogen-bond acceptors (Lipinski definition) is 3. The summed E-state index contributed by atoms with van der Waals surface area (Å²) in [4.78, 5) is 2.44. The molecule has 2 atom stereocenters. The van der Waals surface area contributed by atoms with Gasteiger partial charge in [-0.2, -0.15) is 11.3 Å². The third-order valence-electron chi connectivity index (χ3n) is 3.27. The van der Waals surface area contributed by atoms with Crippen molar-refractivity contribution >= 4 is 11.3 Å². The van der Waals surface area contributed by atoms with Crippen LogP contribution in [0.4, 0.5) is 0 Å². The summed E-state index contributed by atoms with van der Waals surface area (Å²) in [5, 5.41) is 7.91. The van der Waals surface area contributed by atoms with Crippen LogP contribution in [0.25, 0.3) is 0 Å². The van der Waals surface area contributed by atoms with E-state index in [9.17, 15) is 0 Å². The highest BCUT2D eigenvalue weighted by Crippen LogP contribution is 2.17. The van der Waals surface area contributed by atoms with E-state index in [0.29, 0.717) is 6.04 Å². The van der Waals surface area contributed by atoms with Crippen molar-refractivity contribution in [3.05, 3.63) is 22.4 Å². The Kier molecular flexibility index (Phi) is 3.78. The quantitative estimate of drug-likeness (QED) is 0.843. The smallest absolute Gasteiger partial charge is 0.0239 e. The lowest BCUT2D eigenvalue weighted by atomic mass is 10.0. The zero-order valence-corrected chi connectivity index (χ0v) is 10.4. The summed E-state index contributed by atoms with van der Waals surface area (Å²) >= 11 is 1.79. The number of nitrogens with zero attached hydrogens (tertiary/aromatic N) is 1. The number of rotatable bonds is 4. The van der Waals surface area contributed by atoms with Crippen LogP contribution in [0.2, 0.25) is 0 Å². The second-order valence-electron chi connectivity index (χ2n) is 4.62. The van der Waals surface area contributed by atoms with Gasteiger partial charge in [-0.25, -0.2) is 0 Å². The largest absolute Gasteiger partial charge is 0.314 e. The second-order valence-corrected chi connectivity index (χ2v) is 5.40. The maximum Gasteiger partial charge on any atom is 0.0239 e. The van der Waals surface area contributed by atoms with Gasteiger partial charge in [0, 0.05) is 19.1 Å².